The summed E-state index contributed by atoms with van der Waals surface area (Å²) in [4.78, 5) is 0. The fourth-order valence-corrected chi connectivity index (χ4v) is 1.32. The van der Waals surface area contributed by atoms with Crippen molar-refractivity contribution in [2.24, 2.45) is 0 Å². The molecule has 2 nitrogen and oxygen atoms in total. The van der Waals surface area contributed by atoms with Gasteiger partial charge in [-0.15, -0.1) is 0 Å². The first-order chi connectivity index (χ1) is 6.19. The maximum Gasteiger partial charge on any atom is 0.147 e. The number of benzene rings is 1. The predicted octanol–water partition coefficient (Wildman–Crippen LogP) is 2.12. The largest absolute Gasteiger partial charge is 0.392 e. The van der Waals surface area contributed by atoms with Gasteiger partial charge in [-0.05, 0) is 17.7 Å². The molecule has 0 unspecified atom stereocenters. The van der Waals surface area contributed by atoms with Gasteiger partial charge in [-0.3, -0.25) is 0 Å². The molecule has 0 radical (unpaired) electrons. The Hall–Kier alpha value is -0.640. The van der Waals surface area contributed by atoms with Gasteiger partial charge >= 0.3 is 0 Å². The maximum atomic E-state index is 13.2. The zero-order valence-corrected chi connectivity index (χ0v) is 7.94. The van der Waals surface area contributed by atoms with E-state index in [-0.39, 0.29) is 18.2 Å². The Balaban J connectivity index is 3.09. The topological polar surface area (TPSA) is 29.5 Å². The molecule has 1 N–H and O–H groups in total. The summed E-state index contributed by atoms with van der Waals surface area (Å²) in [6.45, 7) is -0.00386. The van der Waals surface area contributed by atoms with Crippen LogP contribution in [0.25, 0.3) is 0 Å². The Kier molecular flexibility index (Phi) is 3.66. The van der Waals surface area contributed by atoms with Crippen LogP contribution in [0.15, 0.2) is 12.1 Å². The van der Waals surface area contributed by atoms with Crippen molar-refractivity contribution in [3.05, 3.63) is 34.1 Å². The van der Waals surface area contributed by atoms with Gasteiger partial charge in [0, 0.05) is 12.7 Å². The Morgan fingerprint density at radius 2 is 2.23 bits per heavy atom. The van der Waals surface area contributed by atoms with E-state index in [1.165, 1.54) is 19.2 Å². The molecular formula is C9H10ClFO2. The minimum Gasteiger partial charge on any atom is -0.392 e. The average Bonchev–Trinajstić information content (AvgIpc) is 2.13. The first-order valence-corrected chi connectivity index (χ1v) is 4.13. The van der Waals surface area contributed by atoms with E-state index in [4.69, 9.17) is 21.4 Å². The van der Waals surface area contributed by atoms with Crippen molar-refractivity contribution in [2.75, 3.05) is 7.11 Å². The third-order valence-electron chi connectivity index (χ3n) is 1.65. The van der Waals surface area contributed by atoms with E-state index in [1.807, 2.05) is 0 Å². The quantitative estimate of drug-likeness (QED) is 0.817. The van der Waals surface area contributed by atoms with E-state index in [0.29, 0.717) is 11.1 Å². The van der Waals surface area contributed by atoms with Crippen LogP contribution in [0.1, 0.15) is 11.1 Å². The molecular weight excluding hydrogens is 195 g/mol. The molecule has 4 heteroatoms. The van der Waals surface area contributed by atoms with Crippen molar-refractivity contribution in [3.8, 4) is 0 Å². The molecule has 0 aromatic heterocycles. The van der Waals surface area contributed by atoms with Crippen LogP contribution in [0, 0.1) is 5.82 Å². The first kappa shape index (κ1) is 10.4. The smallest absolute Gasteiger partial charge is 0.147 e. The lowest BCUT2D eigenvalue weighted by molar-refractivity contribution is 0.181. The summed E-state index contributed by atoms with van der Waals surface area (Å²) in [6.07, 6.45) is 0. The van der Waals surface area contributed by atoms with Crippen LogP contribution in [-0.4, -0.2) is 12.2 Å². The number of hydrogen-bond acceptors (Lipinski definition) is 2. The summed E-state index contributed by atoms with van der Waals surface area (Å²) in [6, 6.07) is 2.93. The summed E-state index contributed by atoms with van der Waals surface area (Å²) < 4.78 is 18.0. The maximum absolute atomic E-state index is 13.2. The van der Waals surface area contributed by atoms with Crippen LogP contribution >= 0.6 is 11.6 Å². The Morgan fingerprint density at radius 3 is 2.77 bits per heavy atom. The molecule has 0 heterocycles. The van der Waals surface area contributed by atoms with Crippen LogP contribution in [0.5, 0.6) is 0 Å². The van der Waals surface area contributed by atoms with Gasteiger partial charge in [0.2, 0.25) is 0 Å². The number of rotatable bonds is 3. The normalized spacial score (nSPS) is 10.5. The van der Waals surface area contributed by atoms with Gasteiger partial charge in [-0.1, -0.05) is 11.6 Å². The highest BCUT2D eigenvalue weighted by Crippen LogP contribution is 2.21. The standard InChI is InChI=1S/C9H10ClFO2/c1-13-5-7-2-6(4-12)3-8(10)9(7)11/h2-3,12H,4-5H2,1H3. The van der Waals surface area contributed by atoms with Crippen LogP contribution < -0.4 is 0 Å². The van der Waals surface area contributed by atoms with Crippen molar-refractivity contribution in [3.63, 3.8) is 0 Å². The number of aliphatic hydroxyl groups is 1. The van der Waals surface area contributed by atoms with Crippen molar-refractivity contribution < 1.29 is 14.2 Å². The lowest BCUT2D eigenvalue weighted by atomic mass is 10.1. The molecule has 0 atom stereocenters. The van der Waals surface area contributed by atoms with E-state index >= 15 is 0 Å². The molecule has 0 saturated carbocycles. The second-order valence-electron chi connectivity index (χ2n) is 2.64. The second-order valence-corrected chi connectivity index (χ2v) is 3.05. The molecule has 1 aromatic carbocycles. The summed E-state index contributed by atoms with van der Waals surface area (Å²) in [5, 5.41) is 8.84. The molecule has 1 rings (SSSR count). The van der Waals surface area contributed by atoms with Gasteiger partial charge in [-0.25, -0.2) is 4.39 Å². The molecule has 0 aliphatic heterocycles. The third-order valence-corrected chi connectivity index (χ3v) is 1.92. The summed E-state index contributed by atoms with van der Waals surface area (Å²) in [7, 11) is 1.47. The monoisotopic (exact) mass is 204 g/mol. The lowest BCUT2D eigenvalue weighted by Crippen LogP contribution is -1.96. The molecule has 0 saturated heterocycles. The van der Waals surface area contributed by atoms with Gasteiger partial charge in [-0.2, -0.15) is 0 Å². The second kappa shape index (κ2) is 4.56. The number of hydrogen-bond donors (Lipinski definition) is 1. The van der Waals surface area contributed by atoms with E-state index in [0.717, 1.165) is 0 Å². The zero-order chi connectivity index (χ0) is 9.84. The van der Waals surface area contributed by atoms with Crippen molar-refractivity contribution in [1.29, 1.82) is 0 Å². The zero-order valence-electron chi connectivity index (χ0n) is 7.18. The highest BCUT2D eigenvalue weighted by atomic mass is 35.5. The van der Waals surface area contributed by atoms with E-state index < -0.39 is 5.82 Å². The van der Waals surface area contributed by atoms with Gasteiger partial charge in [0.05, 0.1) is 18.2 Å². The fourth-order valence-electron chi connectivity index (χ4n) is 1.06. The molecule has 0 spiro atoms. The molecule has 0 bridgehead atoms. The molecule has 72 valence electrons. The molecule has 0 aliphatic carbocycles. The SMILES string of the molecule is COCc1cc(CO)cc(Cl)c1F. The van der Waals surface area contributed by atoms with E-state index in [9.17, 15) is 4.39 Å². The molecule has 13 heavy (non-hydrogen) atoms. The molecule has 0 amide bonds. The minimum absolute atomic E-state index is 0.0126. The molecule has 1 aromatic rings. The van der Waals surface area contributed by atoms with E-state index in [2.05, 4.69) is 0 Å². The molecule has 0 fully saturated rings. The van der Waals surface area contributed by atoms with E-state index in [1.54, 1.807) is 0 Å². The Morgan fingerprint density at radius 1 is 1.54 bits per heavy atom. The van der Waals surface area contributed by atoms with Gasteiger partial charge < -0.3 is 9.84 Å². The van der Waals surface area contributed by atoms with Crippen molar-refractivity contribution in [1.82, 2.24) is 0 Å². The Bertz CT molecular complexity index is 302. The van der Waals surface area contributed by atoms with Gasteiger partial charge in [0.1, 0.15) is 5.82 Å². The summed E-state index contributed by atoms with van der Waals surface area (Å²) >= 11 is 5.59. The highest BCUT2D eigenvalue weighted by Gasteiger charge is 2.08. The minimum atomic E-state index is -0.485. The highest BCUT2D eigenvalue weighted by molar-refractivity contribution is 6.30. The number of halogens is 2. The number of ether oxygens (including phenoxy) is 1. The van der Waals surface area contributed by atoms with Gasteiger partial charge in [0.25, 0.3) is 0 Å². The van der Waals surface area contributed by atoms with Crippen LogP contribution in [0.3, 0.4) is 0 Å². The lowest BCUT2D eigenvalue weighted by Gasteiger charge is -2.05. The number of methoxy groups -OCH3 is 1. The first-order valence-electron chi connectivity index (χ1n) is 3.75. The Labute approximate surface area is 80.9 Å². The number of aliphatic hydroxyl groups excluding tert-OH is 1. The summed E-state index contributed by atoms with van der Waals surface area (Å²) in [5.74, 6) is -0.485. The molecule has 0 aliphatic rings. The van der Waals surface area contributed by atoms with Crippen molar-refractivity contribution in [2.45, 2.75) is 13.2 Å². The van der Waals surface area contributed by atoms with Crippen LogP contribution in [0.2, 0.25) is 5.02 Å². The average molecular weight is 205 g/mol. The summed E-state index contributed by atoms with van der Waals surface area (Å²) in [5.41, 5.74) is 0.942. The van der Waals surface area contributed by atoms with Gasteiger partial charge in [0.15, 0.2) is 0 Å². The van der Waals surface area contributed by atoms with Crippen molar-refractivity contribution >= 4 is 11.6 Å². The third kappa shape index (κ3) is 2.40. The van der Waals surface area contributed by atoms with Crippen LogP contribution in [0.4, 0.5) is 4.39 Å². The fraction of sp³-hybridized carbons (Fsp3) is 0.333. The predicted molar refractivity (Wildman–Crippen MR) is 48.0 cm³/mol. The van der Waals surface area contributed by atoms with Crippen LogP contribution in [-0.2, 0) is 18.0 Å².